The zero-order chi connectivity index (χ0) is 12.4. The maximum absolute atomic E-state index is 11.9. The van der Waals surface area contributed by atoms with Crippen LogP contribution in [0.4, 0.5) is 4.39 Å². The SMILES string of the molecule is CCCOC(=O)C(SCCCCF)C(C)C. The molecule has 0 rings (SSSR count). The summed E-state index contributed by atoms with van der Waals surface area (Å²) in [5.41, 5.74) is 0. The van der Waals surface area contributed by atoms with Gasteiger partial charge in [-0.25, -0.2) is 0 Å². The first-order valence-electron chi connectivity index (χ1n) is 5.97. The van der Waals surface area contributed by atoms with E-state index in [0.29, 0.717) is 13.0 Å². The van der Waals surface area contributed by atoms with Crippen LogP contribution in [0.5, 0.6) is 0 Å². The molecule has 0 saturated carbocycles. The molecule has 0 bridgehead atoms. The first kappa shape index (κ1) is 15.8. The minimum absolute atomic E-state index is 0.105. The van der Waals surface area contributed by atoms with Crippen molar-refractivity contribution >= 4 is 17.7 Å². The molecule has 0 radical (unpaired) electrons. The molecule has 1 atom stereocenters. The summed E-state index contributed by atoms with van der Waals surface area (Å²) in [5, 5.41) is -0.105. The van der Waals surface area contributed by atoms with Crippen molar-refractivity contribution in [2.24, 2.45) is 5.92 Å². The molecule has 0 N–H and O–H groups in total. The predicted octanol–water partition coefficient (Wildman–Crippen LogP) is 3.45. The Balaban J connectivity index is 3.91. The van der Waals surface area contributed by atoms with Gasteiger partial charge in [-0.15, -0.1) is 11.8 Å². The summed E-state index contributed by atoms with van der Waals surface area (Å²) in [6.45, 7) is 6.23. The third-order valence-electron chi connectivity index (χ3n) is 2.11. The van der Waals surface area contributed by atoms with Gasteiger partial charge in [-0.3, -0.25) is 9.18 Å². The van der Waals surface area contributed by atoms with Crippen LogP contribution in [0.2, 0.25) is 0 Å². The molecule has 4 heteroatoms. The van der Waals surface area contributed by atoms with Gasteiger partial charge in [0.25, 0.3) is 0 Å². The summed E-state index contributed by atoms with van der Waals surface area (Å²) >= 11 is 1.59. The Morgan fingerprint density at radius 2 is 2.06 bits per heavy atom. The van der Waals surface area contributed by atoms with Gasteiger partial charge in [-0.2, -0.15) is 0 Å². The lowest BCUT2D eigenvalue weighted by molar-refractivity contribution is -0.143. The molecular formula is C12H23FO2S. The molecule has 96 valence electrons. The van der Waals surface area contributed by atoms with Crippen LogP contribution < -0.4 is 0 Å². The smallest absolute Gasteiger partial charge is 0.319 e. The van der Waals surface area contributed by atoms with E-state index < -0.39 is 0 Å². The van der Waals surface area contributed by atoms with Gasteiger partial charge in [-0.05, 0) is 30.9 Å². The van der Waals surface area contributed by atoms with Crippen LogP contribution in [0.1, 0.15) is 40.0 Å². The average molecular weight is 250 g/mol. The van der Waals surface area contributed by atoms with Crippen molar-refractivity contribution in [2.75, 3.05) is 19.0 Å². The number of rotatable bonds is 9. The molecule has 0 amide bonds. The Bertz CT molecular complexity index is 186. The fourth-order valence-electron chi connectivity index (χ4n) is 1.22. The number of carbonyl (C=O) groups is 1. The summed E-state index contributed by atoms with van der Waals surface area (Å²) in [4.78, 5) is 11.7. The molecule has 0 aliphatic carbocycles. The van der Waals surface area contributed by atoms with Gasteiger partial charge in [0.2, 0.25) is 0 Å². The molecular weight excluding hydrogens is 227 g/mol. The summed E-state index contributed by atoms with van der Waals surface area (Å²) in [6.07, 6.45) is 2.26. The van der Waals surface area contributed by atoms with E-state index in [1.54, 1.807) is 11.8 Å². The molecule has 0 fully saturated rings. The van der Waals surface area contributed by atoms with E-state index in [1.807, 2.05) is 20.8 Å². The maximum atomic E-state index is 11.9. The second kappa shape index (κ2) is 9.94. The molecule has 0 aromatic heterocycles. The van der Waals surface area contributed by atoms with Crippen molar-refractivity contribution in [1.82, 2.24) is 0 Å². The minimum atomic E-state index is -0.271. The highest BCUT2D eigenvalue weighted by atomic mass is 32.2. The largest absolute Gasteiger partial charge is 0.465 e. The van der Waals surface area contributed by atoms with Gasteiger partial charge in [0, 0.05) is 0 Å². The van der Waals surface area contributed by atoms with E-state index in [4.69, 9.17) is 4.74 Å². The molecule has 0 heterocycles. The Morgan fingerprint density at radius 3 is 2.56 bits per heavy atom. The quantitative estimate of drug-likeness (QED) is 0.463. The van der Waals surface area contributed by atoms with E-state index in [9.17, 15) is 9.18 Å². The van der Waals surface area contributed by atoms with E-state index in [0.717, 1.165) is 18.6 Å². The molecule has 16 heavy (non-hydrogen) atoms. The Kier molecular flexibility index (Phi) is 9.78. The number of hydrogen-bond acceptors (Lipinski definition) is 3. The normalized spacial score (nSPS) is 12.8. The van der Waals surface area contributed by atoms with Crippen LogP contribution in [0.15, 0.2) is 0 Å². The van der Waals surface area contributed by atoms with Gasteiger partial charge < -0.3 is 4.74 Å². The van der Waals surface area contributed by atoms with Crippen LogP contribution in [-0.2, 0) is 9.53 Å². The summed E-state index contributed by atoms with van der Waals surface area (Å²) in [5.74, 6) is 0.968. The van der Waals surface area contributed by atoms with Crippen LogP contribution in [-0.4, -0.2) is 30.3 Å². The van der Waals surface area contributed by atoms with Crippen LogP contribution in [0, 0.1) is 5.92 Å². The molecule has 0 aliphatic rings. The number of hydrogen-bond donors (Lipinski definition) is 0. The standard InChI is InChI=1S/C12H23FO2S/c1-4-8-15-12(14)11(10(2)3)16-9-6-5-7-13/h10-11H,4-9H2,1-3H3. The molecule has 1 unspecified atom stereocenters. The van der Waals surface area contributed by atoms with Crippen LogP contribution in [0.3, 0.4) is 0 Å². The van der Waals surface area contributed by atoms with Gasteiger partial charge in [0.15, 0.2) is 0 Å². The Hall–Kier alpha value is -0.250. The number of alkyl halides is 1. The Morgan fingerprint density at radius 1 is 1.38 bits per heavy atom. The number of halogens is 1. The number of carbonyl (C=O) groups excluding carboxylic acids is 1. The van der Waals surface area contributed by atoms with Gasteiger partial charge in [0.1, 0.15) is 5.25 Å². The fourth-order valence-corrected chi connectivity index (χ4v) is 2.44. The zero-order valence-corrected chi connectivity index (χ0v) is 11.3. The maximum Gasteiger partial charge on any atom is 0.319 e. The molecule has 0 saturated heterocycles. The number of unbranched alkanes of at least 4 members (excludes halogenated alkanes) is 1. The fraction of sp³-hybridized carbons (Fsp3) is 0.917. The van der Waals surface area contributed by atoms with Gasteiger partial charge in [-0.1, -0.05) is 20.8 Å². The summed E-state index contributed by atoms with van der Waals surface area (Å²) < 4.78 is 17.0. The molecule has 0 aliphatic heterocycles. The van der Waals surface area contributed by atoms with E-state index >= 15 is 0 Å². The average Bonchev–Trinajstić information content (AvgIpc) is 2.25. The number of esters is 1. The highest BCUT2D eigenvalue weighted by Gasteiger charge is 2.23. The lowest BCUT2D eigenvalue weighted by atomic mass is 10.1. The lowest BCUT2D eigenvalue weighted by Crippen LogP contribution is -2.26. The molecule has 0 spiro atoms. The third-order valence-corrected chi connectivity index (χ3v) is 3.73. The topological polar surface area (TPSA) is 26.3 Å². The highest BCUT2D eigenvalue weighted by molar-refractivity contribution is 8.00. The second-order valence-electron chi connectivity index (χ2n) is 4.10. The predicted molar refractivity (Wildman–Crippen MR) is 67.5 cm³/mol. The lowest BCUT2D eigenvalue weighted by Gasteiger charge is -2.18. The third kappa shape index (κ3) is 7.09. The first-order valence-corrected chi connectivity index (χ1v) is 7.02. The van der Waals surface area contributed by atoms with Crippen molar-refractivity contribution < 1.29 is 13.9 Å². The van der Waals surface area contributed by atoms with E-state index in [1.165, 1.54) is 0 Å². The first-order chi connectivity index (χ1) is 7.63. The second-order valence-corrected chi connectivity index (χ2v) is 5.35. The van der Waals surface area contributed by atoms with Gasteiger partial charge >= 0.3 is 5.97 Å². The van der Waals surface area contributed by atoms with Crippen molar-refractivity contribution in [3.05, 3.63) is 0 Å². The molecule has 0 aromatic carbocycles. The highest BCUT2D eigenvalue weighted by Crippen LogP contribution is 2.22. The van der Waals surface area contributed by atoms with E-state index in [2.05, 4.69) is 0 Å². The van der Waals surface area contributed by atoms with E-state index in [-0.39, 0.29) is 23.8 Å². The summed E-state index contributed by atoms with van der Waals surface area (Å²) in [7, 11) is 0. The van der Waals surface area contributed by atoms with Crippen molar-refractivity contribution in [3.8, 4) is 0 Å². The van der Waals surface area contributed by atoms with Crippen molar-refractivity contribution in [2.45, 2.75) is 45.3 Å². The minimum Gasteiger partial charge on any atom is -0.465 e. The monoisotopic (exact) mass is 250 g/mol. The van der Waals surface area contributed by atoms with Crippen LogP contribution in [0.25, 0.3) is 0 Å². The summed E-state index contributed by atoms with van der Waals surface area (Å²) in [6, 6.07) is 0. The molecule has 0 aromatic rings. The van der Waals surface area contributed by atoms with Crippen LogP contribution >= 0.6 is 11.8 Å². The number of ether oxygens (including phenoxy) is 1. The van der Waals surface area contributed by atoms with Crippen molar-refractivity contribution in [3.63, 3.8) is 0 Å². The number of thioether (sulfide) groups is 1. The molecule has 2 nitrogen and oxygen atoms in total. The van der Waals surface area contributed by atoms with Gasteiger partial charge in [0.05, 0.1) is 13.3 Å². The van der Waals surface area contributed by atoms with Crippen molar-refractivity contribution in [1.29, 1.82) is 0 Å². The Labute approximate surface area is 102 Å². The zero-order valence-electron chi connectivity index (χ0n) is 10.5.